The summed E-state index contributed by atoms with van der Waals surface area (Å²) in [7, 11) is 0. The first-order valence-electron chi connectivity index (χ1n) is 11.2. The van der Waals surface area contributed by atoms with E-state index in [2.05, 4.69) is 26.3 Å². The molecule has 0 aromatic rings. The number of guanidine groups is 1. The standard InChI is InChI=1S/C20H36N8O6S/c1-35-9-6-13(27-16(30)11-4-2-7-24-11)18(32)26-12(5-3-8-25-20(22)23)17(31)28-14(19(33)34)10-15(21)29/h11-14,24H,2-10H2,1H3,(H2,21,29)(H,26,32)(H,27,30)(H,28,31)(H,33,34)(H4,22,23,25). The van der Waals surface area contributed by atoms with Crippen molar-refractivity contribution < 1.29 is 29.1 Å². The molecule has 11 N–H and O–H groups in total. The van der Waals surface area contributed by atoms with E-state index in [1.807, 2.05) is 6.26 Å². The van der Waals surface area contributed by atoms with Gasteiger partial charge in [0.25, 0.3) is 0 Å². The van der Waals surface area contributed by atoms with Gasteiger partial charge in [-0.3, -0.25) is 24.2 Å². The van der Waals surface area contributed by atoms with E-state index in [0.717, 1.165) is 6.42 Å². The molecule has 4 atom stereocenters. The summed E-state index contributed by atoms with van der Waals surface area (Å²) in [5.74, 6) is -3.62. The minimum absolute atomic E-state index is 0.0740. The van der Waals surface area contributed by atoms with E-state index in [-0.39, 0.29) is 37.3 Å². The van der Waals surface area contributed by atoms with E-state index in [0.29, 0.717) is 25.1 Å². The molecule has 4 unspecified atom stereocenters. The molecule has 15 heteroatoms. The first-order chi connectivity index (χ1) is 16.5. The molecule has 0 saturated carbocycles. The van der Waals surface area contributed by atoms with Crippen LogP contribution in [0.15, 0.2) is 4.99 Å². The second-order valence-electron chi connectivity index (χ2n) is 8.07. The van der Waals surface area contributed by atoms with Gasteiger partial charge in [-0.05, 0) is 50.7 Å². The van der Waals surface area contributed by atoms with Crippen molar-refractivity contribution in [1.82, 2.24) is 21.3 Å². The second kappa shape index (κ2) is 15.8. The predicted molar refractivity (Wildman–Crippen MR) is 131 cm³/mol. The molecule has 0 aromatic carbocycles. The molecule has 1 aliphatic rings. The molecule has 0 bridgehead atoms. The number of carbonyl (C=O) groups excluding carboxylic acids is 4. The molecule has 0 aromatic heterocycles. The Morgan fingerprint density at radius 2 is 1.66 bits per heavy atom. The van der Waals surface area contributed by atoms with E-state index in [1.165, 1.54) is 11.8 Å². The van der Waals surface area contributed by atoms with Crippen LogP contribution in [0.1, 0.15) is 38.5 Å². The van der Waals surface area contributed by atoms with Gasteiger partial charge in [-0.15, -0.1) is 0 Å². The Balaban J connectivity index is 2.95. The highest BCUT2D eigenvalue weighted by molar-refractivity contribution is 7.98. The summed E-state index contributed by atoms with van der Waals surface area (Å²) in [6.07, 6.45) is 3.45. The zero-order valence-corrected chi connectivity index (χ0v) is 20.6. The SMILES string of the molecule is CSCCC(NC(=O)C1CCCN1)C(=O)NC(CCCN=C(N)N)C(=O)NC(CC(N)=O)C(=O)O. The van der Waals surface area contributed by atoms with E-state index in [9.17, 15) is 29.1 Å². The Bertz CT molecular complexity index is 786. The first-order valence-corrected chi connectivity index (χ1v) is 12.6. The average molecular weight is 517 g/mol. The molecule has 1 saturated heterocycles. The van der Waals surface area contributed by atoms with Crippen molar-refractivity contribution >= 4 is 47.3 Å². The summed E-state index contributed by atoms with van der Waals surface area (Å²) in [6, 6.07) is -4.00. The maximum absolute atomic E-state index is 13.1. The molecule has 198 valence electrons. The minimum atomic E-state index is -1.56. The Kier molecular flexibility index (Phi) is 13.5. The van der Waals surface area contributed by atoms with Gasteiger partial charge in [0.2, 0.25) is 23.6 Å². The van der Waals surface area contributed by atoms with E-state index < -0.39 is 48.2 Å². The number of hydrogen-bond donors (Lipinski definition) is 8. The number of amides is 4. The number of carboxylic acids is 1. The Hall–Kier alpha value is -3.07. The topological polar surface area (TPSA) is 244 Å². The van der Waals surface area contributed by atoms with Crippen molar-refractivity contribution in [3.8, 4) is 0 Å². The number of thioether (sulfide) groups is 1. The van der Waals surface area contributed by atoms with Crippen LogP contribution >= 0.6 is 11.8 Å². The molecule has 1 aliphatic heterocycles. The van der Waals surface area contributed by atoms with Crippen LogP contribution in [0.3, 0.4) is 0 Å². The van der Waals surface area contributed by atoms with Crippen LogP contribution < -0.4 is 38.5 Å². The third-order valence-electron chi connectivity index (χ3n) is 5.22. The van der Waals surface area contributed by atoms with Crippen LogP contribution in [0.5, 0.6) is 0 Å². The second-order valence-corrected chi connectivity index (χ2v) is 9.06. The molecular weight excluding hydrogens is 480 g/mol. The van der Waals surface area contributed by atoms with Gasteiger partial charge in [-0.2, -0.15) is 11.8 Å². The summed E-state index contributed by atoms with van der Waals surface area (Å²) in [5.41, 5.74) is 15.7. The van der Waals surface area contributed by atoms with Gasteiger partial charge in [-0.1, -0.05) is 0 Å². The molecule has 1 heterocycles. The molecular formula is C20H36N8O6S. The lowest BCUT2D eigenvalue weighted by molar-refractivity contribution is -0.143. The lowest BCUT2D eigenvalue weighted by Crippen LogP contribution is -2.57. The third kappa shape index (κ3) is 11.8. The highest BCUT2D eigenvalue weighted by Gasteiger charge is 2.31. The molecule has 35 heavy (non-hydrogen) atoms. The van der Waals surface area contributed by atoms with Gasteiger partial charge in [0.05, 0.1) is 12.5 Å². The molecule has 0 radical (unpaired) electrons. The highest BCUT2D eigenvalue weighted by atomic mass is 32.2. The van der Waals surface area contributed by atoms with Crippen molar-refractivity contribution in [2.75, 3.05) is 25.1 Å². The van der Waals surface area contributed by atoms with Gasteiger partial charge >= 0.3 is 5.97 Å². The minimum Gasteiger partial charge on any atom is -0.480 e. The Labute approximate surface area is 208 Å². The molecule has 0 spiro atoms. The summed E-state index contributed by atoms with van der Waals surface area (Å²) >= 11 is 1.50. The number of aliphatic carboxylic acids is 1. The number of nitrogens with one attached hydrogen (secondary N) is 4. The van der Waals surface area contributed by atoms with Crippen molar-refractivity contribution in [2.24, 2.45) is 22.2 Å². The van der Waals surface area contributed by atoms with Gasteiger partial charge < -0.3 is 43.6 Å². The fourth-order valence-electron chi connectivity index (χ4n) is 3.40. The lowest BCUT2D eigenvalue weighted by atomic mass is 10.1. The van der Waals surface area contributed by atoms with Crippen LogP contribution in [0.2, 0.25) is 0 Å². The number of rotatable bonds is 16. The van der Waals surface area contributed by atoms with Gasteiger partial charge in [0.1, 0.15) is 18.1 Å². The fraction of sp³-hybridized carbons (Fsp3) is 0.700. The highest BCUT2D eigenvalue weighted by Crippen LogP contribution is 2.08. The van der Waals surface area contributed by atoms with Crippen LogP contribution in [-0.4, -0.2) is 89.9 Å². The lowest BCUT2D eigenvalue weighted by Gasteiger charge is -2.25. The third-order valence-corrected chi connectivity index (χ3v) is 5.86. The normalized spacial score (nSPS) is 17.5. The van der Waals surface area contributed by atoms with E-state index in [4.69, 9.17) is 17.2 Å². The largest absolute Gasteiger partial charge is 0.480 e. The zero-order valence-electron chi connectivity index (χ0n) is 19.7. The summed E-state index contributed by atoms with van der Waals surface area (Å²) in [6.45, 7) is 0.888. The van der Waals surface area contributed by atoms with Crippen molar-refractivity contribution in [3.63, 3.8) is 0 Å². The average Bonchev–Trinajstić information content (AvgIpc) is 3.32. The number of carboxylic acid groups (broad SMARTS) is 1. The van der Waals surface area contributed by atoms with Gasteiger partial charge in [-0.25, -0.2) is 4.79 Å². The van der Waals surface area contributed by atoms with E-state index in [1.54, 1.807) is 0 Å². The number of carbonyl (C=O) groups is 5. The quantitative estimate of drug-likeness (QED) is 0.0585. The first kappa shape index (κ1) is 30.0. The summed E-state index contributed by atoms with van der Waals surface area (Å²) in [5, 5.41) is 19.9. The number of nitrogens with zero attached hydrogens (tertiary/aromatic N) is 1. The van der Waals surface area contributed by atoms with Crippen LogP contribution in [0.25, 0.3) is 0 Å². The molecule has 4 amide bonds. The maximum Gasteiger partial charge on any atom is 0.326 e. The van der Waals surface area contributed by atoms with E-state index >= 15 is 0 Å². The van der Waals surface area contributed by atoms with Crippen molar-refractivity contribution in [1.29, 1.82) is 0 Å². The number of hydrogen-bond acceptors (Lipinski definition) is 8. The maximum atomic E-state index is 13.1. The smallest absolute Gasteiger partial charge is 0.326 e. The Morgan fingerprint density at radius 3 is 2.17 bits per heavy atom. The number of primary amides is 1. The molecule has 1 fully saturated rings. The molecule has 0 aliphatic carbocycles. The summed E-state index contributed by atoms with van der Waals surface area (Å²) < 4.78 is 0. The van der Waals surface area contributed by atoms with Gasteiger partial charge in [0, 0.05) is 6.54 Å². The zero-order chi connectivity index (χ0) is 26.4. The Morgan fingerprint density at radius 1 is 1.03 bits per heavy atom. The molecule has 14 nitrogen and oxygen atoms in total. The van der Waals surface area contributed by atoms with Crippen LogP contribution in [0.4, 0.5) is 0 Å². The fourth-order valence-corrected chi connectivity index (χ4v) is 3.87. The van der Waals surface area contributed by atoms with Crippen molar-refractivity contribution in [3.05, 3.63) is 0 Å². The monoisotopic (exact) mass is 516 g/mol. The molecule has 1 rings (SSSR count). The number of nitrogens with two attached hydrogens (primary N) is 3. The van der Waals surface area contributed by atoms with Crippen LogP contribution in [-0.2, 0) is 24.0 Å². The predicted octanol–water partition coefficient (Wildman–Crippen LogP) is -3.04. The van der Waals surface area contributed by atoms with Gasteiger partial charge in [0.15, 0.2) is 5.96 Å². The van der Waals surface area contributed by atoms with Crippen molar-refractivity contribution in [2.45, 2.75) is 62.7 Å². The number of aliphatic imine (C=N–C) groups is 1. The van der Waals surface area contributed by atoms with Crippen LogP contribution in [0, 0.1) is 0 Å². The summed E-state index contributed by atoms with van der Waals surface area (Å²) in [4.78, 5) is 64.9.